The minimum atomic E-state index is -0.434. The van der Waals surface area contributed by atoms with E-state index >= 15 is 0 Å². The lowest BCUT2D eigenvalue weighted by Gasteiger charge is -2.42. The number of benzene rings is 1. The number of methoxy groups -OCH3 is 2. The van der Waals surface area contributed by atoms with Crippen molar-refractivity contribution in [3.05, 3.63) is 41.5 Å². The average molecular weight is 503 g/mol. The molecule has 198 valence electrons. The van der Waals surface area contributed by atoms with Crippen LogP contribution in [0, 0.1) is 5.92 Å². The Morgan fingerprint density at radius 2 is 2.03 bits per heavy atom. The van der Waals surface area contributed by atoms with E-state index in [1.165, 1.54) is 18.8 Å². The zero-order valence-corrected chi connectivity index (χ0v) is 21.8. The molecular weight excluding hydrogens is 464 g/mol. The second-order valence-electron chi connectivity index (χ2n) is 10.2. The van der Waals surface area contributed by atoms with Gasteiger partial charge in [-0.3, -0.25) is 0 Å². The van der Waals surface area contributed by atoms with Gasteiger partial charge in [-0.25, -0.2) is 4.79 Å². The van der Waals surface area contributed by atoms with Crippen molar-refractivity contribution in [2.45, 2.75) is 69.5 Å². The van der Waals surface area contributed by atoms with Gasteiger partial charge >= 0.3 is 5.97 Å². The number of allylic oxidation sites excluding steroid dienone is 1. The monoisotopic (exact) mass is 502 g/mol. The number of carbonyl (C=O) groups excluding carboxylic acids is 1. The third kappa shape index (κ3) is 5.62. The number of esters is 1. The zero-order chi connectivity index (χ0) is 25.9. The van der Waals surface area contributed by atoms with Crippen molar-refractivity contribution in [1.82, 2.24) is 0 Å². The molecule has 0 bridgehead atoms. The highest BCUT2D eigenvalue weighted by Crippen LogP contribution is 2.59. The van der Waals surface area contributed by atoms with Gasteiger partial charge in [-0.05, 0) is 63.8 Å². The Balaban J connectivity index is 1.42. The highest BCUT2D eigenvalue weighted by atomic mass is 16.6. The van der Waals surface area contributed by atoms with Crippen LogP contribution in [0.15, 0.2) is 35.9 Å². The first-order chi connectivity index (χ1) is 17.3. The molecule has 3 fully saturated rings. The quantitative estimate of drug-likeness (QED) is 0.212. The van der Waals surface area contributed by atoms with Gasteiger partial charge < -0.3 is 33.5 Å². The third-order valence-corrected chi connectivity index (χ3v) is 7.45. The predicted molar refractivity (Wildman–Crippen MR) is 134 cm³/mol. The number of carbonyl (C=O) groups is 1. The minimum absolute atomic E-state index is 0.0168. The first-order valence-electron chi connectivity index (χ1n) is 12.5. The number of rotatable bonds is 11. The molecule has 1 N–H and O–H groups in total. The number of hydrogen-bond acceptors (Lipinski definition) is 8. The smallest absolute Gasteiger partial charge is 0.331 e. The van der Waals surface area contributed by atoms with Gasteiger partial charge in [0.15, 0.2) is 11.5 Å². The molecule has 2 aliphatic heterocycles. The maximum Gasteiger partial charge on any atom is 0.331 e. The molecule has 8 heteroatoms. The highest BCUT2D eigenvalue weighted by Gasteiger charge is 2.72. The van der Waals surface area contributed by atoms with Gasteiger partial charge in [0.2, 0.25) is 0 Å². The predicted octanol–water partition coefficient (Wildman–Crippen LogP) is 3.70. The molecule has 0 radical (unpaired) electrons. The SMILES string of the molecule is COc1cc(C=CC(=O)O[C@@H]2CC[C@]3(CO3)[C@@H]([C@@]3(C)O[C@@H]3CC=C(C)C)[C@@H]2OC)ccc1OCCO. The summed E-state index contributed by atoms with van der Waals surface area (Å²) in [5, 5.41) is 8.96. The van der Waals surface area contributed by atoms with E-state index in [0.717, 1.165) is 18.4 Å². The van der Waals surface area contributed by atoms with E-state index in [0.29, 0.717) is 24.5 Å². The van der Waals surface area contributed by atoms with Crippen LogP contribution in [0.3, 0.4) is 0 Å². The molecule has 3 aliphatic rings. The number of ether oxygens (including phenoxy) is 6. The van der Waals surface area contributed by atoms with Crippen molar-refractivity contribution in [1.29, 1.82) is 0 Å². The standard InChI is InChI=1S/C28H38O8/c1-18(2)6-10-23-27(3,36-23)26-25(32-5)21(12-13-28(26)17-34-28)35-24(30)11-8-19-7-9-20(33-15-14-29)22(16-19)31-4/h6-9,11,16,21,23,25-26,29H,10,12-15,17H2,1-5H3/t21-,23-,25-,26-,27+,28+/m1/s1. The van der Waals surface area contributed by atoms with Crippen LogP contribution in [0.25, 0.3) is 6.08 Å². The molecule has 0 unspecified atom stereocenters. The molecule has 1 aliphatic carbocycles. The summed E-state index contributed by atoms with van der Waals surface area (Å²) in [5.74, 6) is 0.591. The van der Waals surface area contributed by atoms with E-state index in [-0.39, 0.29) is 48.6 Å². The topological polar surface area (TPSA) is 99.3 Å². The molecule has 2 heterocycles. The van der Waals surface area contributed by atoms with Crippen molar-refractivity contribution in [3.63, 3.8) is 0 Å². The van der Waals surface area contributed by atoms with Crippen molar-refractivity contribution >= 4 is 12.0 Å². The average Bonchev–Trinajstić information content (AvgIpc) is 3.78. The van der Waals surface area contributed by atoms with Crippen LogP contribution in [0.1, 0.15) is 45.6 Å². The fraction of sp³-hybridized carbons (Fsp3) is 0.607. The lowest BCUT2D eigenvalue weighted by Crippen LogP contribution is -2.55. The molecular formula is C28H38O8. The van der Waals surface area contributed by atoms with Crippen LogP contribution < -0.4 is 9.47 Å². The van der Waals surface area contributed by atoms with Crippen LogP contribution >= 0.6 is 0 Å². The number of epoxide rings is 2. The van der Waals surface area contributed by atoms with Gasteiger partial charge in [0.25, 0.3) is 0 Å². The summed E-state index contributed by atoms with van der Waals surface area (Å²) in [6.07, 6.45) is 7.01. The largest absolute Gasteiger partial charge is 0.493 e. The van der Waals surface area contributed by atoms with Gasteiger partial charge in [-0.15, -0.1) is 0 Å². The number of aliphatic hydroxyl groups excluding tert-OH is 1. The Hall–Kier alpha value is -2.39. The van der Waals surface area contributed by atoms with E-state index in [4.69, 9.17) is 33.5 Å². The molecule has 36 heavy (non-hydrogen) atoms. The van der Waals surface area contributed by atoms with Crippen LogP contribution in [0.4, 0.5) is 0 Å². The third-order valence-electron chi connectivity index (χ3n) is 7.45. The fourth-order valence-corrected chi connectivity index (χ4v) is 5.49. The first-order valence-corrected chi connectivity index (χ1v) is 12.5. The Morgan fingerprint density at radius 3 is 2.67 bits per heavy atom. The van der Waals surface area contributed by atoms with E-state index in [2.05, 4.69) is 26.8 Å². The molecule has 8 nitrogen and oxygen atoms in total. The Labute approximate surface area is 213 Å². The summed E-state index contributed by atoms with van der Waals surface area (Å²) in [6, 6.07) is 5.31. The Bertz CT molecular complexity index is 993. The fourth-order valence-electron chi connectivity index (χ4n) is 5.49. The molecule has 4 rings (SSSR count). The molecule has 0 aromatic heterocycles. The molecule has 6 atom stereocenters. The normalized spacial score (nSPS) is 32.8. The summed E-state index contributed by atoms with van der Waals surface area (Å²) in [7, 11) is 3.21. The summed E-state index contributed by atoms with van der Waals surface area (Å²) < 4.78 is 34.8. The van der Waals surface area contributed by atoms with Gasteiger partial charge in [0, 0.05) is 13.2 Å². The van der Waals surface area contributed by atoms with E-state index in [9.17, 15) is 4.79 Å². The second-order valence-corrected chi connectivity index (χ2v) is 10.2. The number of aliphatic hydroxyl groups is 1. The summed E-state index contributed by atoms with van der Waals surface area (Å²) in [6.45, 7) is 7.07. The van der Waals surface area contributed by atoms with Crippen molar-refractivity contribution in [3.8, 4) is 11.5 Å². The van der Waals surface area contributed by atoms with Gasteiger partial charge in [-0.2, -0.15) is 0 Å². The van der Waals surface area contributed by atoms with E-state index in [1.807, 2.05) is 0 Å². The highest BCUT2D eigenvalue weighted by molar-refractivity contribution is 5.87. The van der Waals surface area contributed by atoms with Crippen LogP contribution in [0.5, 0.6) is 11.5 Å². The van der Waals surface area contributed by atoms with Crippen molar-refractivity contribution < 1.29 is 38.3 Å². The van der Waals surface area contributed by atoms with Crippen molar-refractivity contribution in [2.24, 2.45) is 5.92 Å². The minimum Gasteiger partial charge on any atom is -0.493 e. The molecule has 1 aromatic carbocycles. The van der Waals surface area contributed by atoms with Gasteiger partial charge in [0.05, 0.1) is 32.3 Å². The van der Waals surface area contributed by atoms with E-state index in [1.54, 1.807) is 31.4 Å². The summed E-state index contributed by atoms with van der Waals surface area (Å²) >= 11 is 0. The first kappa shape index (κ1) is 26.7. The molecule has 1 spiro atoms. The molecule has 1 aromatic rings. The summed E-state index contributed by atoms with van der Waals surface area (Å²) in [5.41, 5.74) is 1.39. The Morgan fingerprint density at radius 1 is 1.25 bits per heavy atom. The molecule has 2 saturated heterocycles. The van der Waals surface area contributed by atoms with Crippen LogP contribution in [0.2, 0.25) is 0 Å². The lowest BCUT2D eigenvalue weighted by molar-refractivity contribution is -0.166. The van der Waals surface area contributed by atoms with Gasteiger partial charge in [0.1, 0.15) is 30.0 Å². The number of hydrogen-bond donors (Lipinski definition) is 1. The van der Waals surface area contributed by atoms with E-state index < -0.39 is 5.97 Å². The van der Waals surface area contributed by atoms with Gasteiger partial charge in [-0.1, -0.05) is 17.7 Å². The summed E-state index contributed by atoms with van der Waals surface area (Å²) in [4.78, 5) is 12.8. The Kier molecular flexibility index (Phi) is 8.09. The molecule has 0 amide bonds. The maximum absolute atomic E-state index is 12.8. The van der Waals surface area contributed by atoms with Crippen LogP contribution in [-0.4, -0.2) is 74.6 Å². The maximum atomic E-state index is 12.8. The zero-order valence-electron chi connectivity index (χ0n) is 21.8. The molecule has 1 saturated carbocycles. The van der Waals surface area contributed by atoms with Crippen LogP contribution in [-0.2, 0) is 23.7 Å². The second kappa shape index (κ2) is 10.9. The lowest BCUT2D eigenvalue weighted by atomic mass is 9.68. The van der Waals surface area contributed by atoms with Crippen molar-refractivity contribution in [2.75, 3.05) is 34.0 Å².